The number of rotatable bonds is 5. The summed E-state index contributed by atoms with van der Waals surface area (Å²) in [5.74, 6) is 1.56. The number of nitrogens with zero attached hydrogens (tertiary/aromatic N) is 4. The van der Waals surface area contributed by atoms with Crippen molar-refractivity contribution in [3.05, 3.63) is 35.9 Å². The zero-order valence-electron chi connectivity index (χ0n) is 19.2. The van der Waals surface area contributed by atoms with E-state index >= 15 is 4.39 Å². The predicted octanol–water partition coefficient (Wildman–Crippen LogP) is 5.36. The summed E-state index contributed by atoms with van der Waals surface area (Å²) in [6.45, 7) is 9.31. The molecule has 0 amide bonds. The van der Waals surface area contributed by atoms with E-state index in [1.807, 2.05) is 19.3 Å². The molecular weight excluding hydrogens is 403 g/mol. The lowest BCUT2D eigenvalue weighted by atomic mass is 9.78. The smallest absolute Gasteiger partial charge is 0.224 e. The Morgan fingerprint density at radius 3 is 2.78 bits per heavy atom. The van der Waals surface area contributed by atoms with Crippen LogP contribution in [0.25, 0.3) is 22.2 Å². The van der Waals surface area contributed by atoms with E-state index in [0.717, 1.165) is 65.9 Å². The molecule has 2 aromatic heterocycles. The number of aromatic nitrogens is 3. The number of fused-ring (bicyclic) bond motifs is 2. The van der Waals surface area contributed by atoms with E-state index in [1.54, 1.807) is 6.07 Å². The highest BCUT2D eigenvalue weighted by molar-refractivity contribution is 5.99. The van der Waals surface area contributed by atoms with Gasteiger partial charge in [-0.2, -0.15) is 4.98 Å². The molecule has 5 rings (SSSR count). The third-order valence-corrected chi connectivity index (χ3v) is 6.81. The molecule has 2 aliphatic rings. The molecule has 1 unspecified atom stereocenters. The van der Waals surface area contributed by atoms with Gasteiger partial charge in [-0.25, -0.2) is 9.37 Å². The van der Waals surface area contributed by atoms with Crippen LogP contribution in [0.2, 0.25) is 0 Å². The van der Waals surface area contributed by atoms with Gasteiger partial charge in [-0.05, 0) is 75.0 Å². The number of anilines is 1. The van der Waals surface area contributed by atoms with Crippen molar-refractivity contribution in [3.8, 4) is 11.1 Å². The highest BCUT2D eigenvalue weighted by Crippen LogP contribution is 2.46. The van der Waals surface area contributed by atoms with Crippen LogP contribution in [-0.2, 0) is 0 Å². The van der Waals surface area contributed by atoms with Crippen molar-refractivity contribution in [2.24, 2.45) is 16.8 Å². The van der Waals surface area contributed by atoms with Gasteiger partial charge in [-0.1, -0.05) is 13.8 Å². The topological polar surface area (TPSA) is 69.2 Å². The van der Waals surface area contributed by atoms with Crippen molar-refractivity contribution >= 4 is 28.4 Å². The fourth-order valence-electron chi connectivity index (χ4n) is 5.09. The first-order valence-corrected chi connectivity index (χ1v) is 11.6. The second kappa shape index (κ2) is 8.28. The molecule has 0 bridgehead atoms. The van der Waals surface area contributed by atoms with Gasteiger partial charge in [0, 0.05) is 41.5 Å². The van der Waals surface area contributed by atoms with E-state index in [0.29, 0.717) is 23.5 Å². The van der Waals surface area contributed by atoms with Crippen LogP contribution in [0.3, 0.4) is 0 Å². The highest BCUT2D eigenvalue weighted by Gasteiger charge is 2.35. The molecule has 0 saturated carbocycles. The average Bonchev–Trinajstić information content (AvgIpc) is 3.33. The Bertz CT molecular complexity index is 1170. The van der Waals surface area contributed by atoms with Crippen LogP contribution in [-0.4, -0.2) is 52.2 Å². The maximum Gasteiger partial charge on any atom is 0.224 e. The minimum Gasteiger partial charge on any atom is -0.354 e. The van der Waals surface area contributed by atoms with E-state index in [2.05, 4.69) is 57.1 Å². The molecule has 1 saturated heterocycles. The molecule has 168 valence electrons. The Kier molecular flexibility index (Phi) is 5.45. The zero-order valence-corrected chi connectivity index (χ0v) is 19.2. The van der Waals surface area contributed by atoms with E-state index < -0.39 is 0 Å². The van der Waals surface area contributed by atoms with Crippen molar-refractivity contribution in [2.75, 3.05) is 32.0 Å². The maximum absolute atomic E-state index is 15.2. The van der Waals surface area contributed by atoms with Gasteiger partial charge in [0.15, 0.2) is 0 Å². The number of nitrogens with one attached hydrogen (secondary N) is 2. The summed E-state index contributed by atoms with van der Waals surface area (Å²) in [7, 11) is 2.17. The van der Waals surface area contributed by atoms with Crippen LogP contribution in [0.4, 0.5) is 16.0 Å². The summed E-state index contributed by atoms with van der Waals surface area (Å²) < 4.78 is 15.2. The molecule has 6 nitrogen and oxygen atoms in total. The van der Waals surface area contributed by atoms with Crippen LogP contribution in [0.5, 0.6) is 0 Å². The van der Waals surface area contributed by atoms with E-state index in [-0.39, 0.29) is 11.7 Å². The number of hydrogen-bond donors (Lipinski definition) is 2. The Morgan fingerprint density at radius 1 is 1.25 bits per heavy atom. The number of piperidine rings is 1. The normalized spacial score (nSPS) is 19.6. The fraction of sp³-hybridized carbons (Fsp3) is 0.480. The molecule has 1 atom stereocenters. The molecule has 1 fully saturated rings. The quantitative estimate of drug-likeness (QED) is 0.567. The first kappa shape index (κ1) is 21.1. The van der Waals surface area contributed by atoms with Gasteiger partial charge in [0.25, 0.3) is 0 Å². The van der Waals surface area contributed by atoms with Crippen molar-refractivity contribution in [2.45, 2.75) is 39.5 Å². The standard InChI is InChI=1S/C25H31FN6/c1-14(2)11-28-25-29-13-20-19(12-27-24(20)31-25)17-9-18-22(16-5-7-32(4)8-6-16)15(3)30-23(18)21(26)10-17/h9-10,12-14,16,22H,5-8,11H2,1-4H3,(H2,27,28,29,31). The van der Waals surface area contributed by atoms with Crippen LogP contribution >= 0.6 is 0 Å². The van der Waals surface area contributed by atoms with Gasteiger partial charge < -0.3 is 15.2 Å². The van der Waals surface area contributed by atoms with Gasteiger partial charge in [0.05, 0.1) is 0 Å². The first-order valence-electron chi connectivity index (χ1n) is 11.6. The number of aromatic amines is 1. The molecule has 3 aromatic rings. The molecule has 32 heavy (non-hydrogen) atoms. The van der Waals surface area contributed by atoms with E-state index in [4.69, 9.17) is 0 Å². The van der Waals surface area contributed by atoms with Crippen molar-refractivity contribution in [1.29, 1.82) is 0 Å². The van der Waals surface area contributed by atoms with Crippen molar-refractivity contribution < 1.29 is 4.39 Å². The number of halogens is 1. The largest absolute Gasteiger partial charge is 0.354 e. The molecule has 1 aromatic carbocycles. The van der Waals surface area contributed by atoms with Gasteiger partial charge >= 0.3 is 0 Å². The lowest BCUT2D eigenvalue weighted by molar-refractivity contribution is 0.213. The average molecular weight is 435 g/mol. The molecule has 0 spiro atoms. The summed E-state index contributed by atoms with van der Waals surface area (Å²) >= 11 is 0. The van der Waals surface area contributed by atoms with Crippen molar-refractivity contribution in [3.63, 3.8) is 0 Å². The summed E-state index contributed by atoms with van der Waals surface area (Å²) in [6, 6.07) is 3.73. The Balaban J connectivity index is 1.50. The third-order valence-electron chi connectivity index (χ3n) is 6.81. The van der Waals surface area contributed by atoms with Gasteiger partial charge in [0.2, 0.25) is 5.95 Å². The Morgan fingerprint density at radius 2 is 2.03 bits per heavy atom. The highest BCUT2D eigenvalue weighted by atomic mass is 19.1. The Hall–Kier alpha value is -2.80. The molecule has 7 heteroatoms. The number of aliphatic imine (C=N–C) groups is 1. The van der Waals surface area contributed by atoms with Gasteiger partial charge in [-0.3, -0.25) is 4.99 Å². The molecular formula is C25H31FN6. The second-order valence-electron chi connectivity index (χ2n) is 9.70. The molecule has 0 radical (unpaired) electrons. The van der Waals surface area contributed by atoms with Crippen LogP contribution in [0, 0.1) is 17.7 Å². The van der Waals surface area contributed by atoms with Crippen LogP contribution < -0.4 is 5.32 Å². The summed E-state index contributed by atoms with van der Waals surface area (Å²) in [6.07, 6.45) is 5.96. The number of likely N-dealkylation sites (tertiary alicyclic amines) is 1. The number of benzene rings is 1. The molecule has 4 heterocycles. The monoisotopic (exact) mass is 434 g/mol. The minimum absolute atomic E-state index is 0.196. The Labute approximate surface area is 188 Å². The zero-order chi connectivity index (χ0) is 22.4. The van der Waals surface area contributed by atoms with Crippen LogP contribution in [0.1, 0.15) is 45.1 Å². The lowest BCUT2D eigenvalue weighted by Gasteiger charge is -2.33. The molecule has 2 aliphatic heterocycles. The summed E-state index contributed by atoms with van der Waals surface area (Å²) in [4.78, 5) is 19.3. The molecule has 2 N–H and O–H groups in total. The maximum atomic E-state index is 15.2. The number of H-pyrrole nitrogens is 1. The summed E-state index contributed by atoms with van der Waals surface area (Å²) in [5.41, 5.74) is 5.10. The lowest BCUT2D eigenvalue weighted by Crippen LogP contribution is -2.33. The fourth-order valence-corrected chi connectivity index (χ4v) is 5.09. The van der Waals surface area contributed by atoms with Crippen molar-refractivity contribution in [1.82, 2.24) is 19.9 Å². The van der Waals surface area contributed by atoms with Crippen LogP contribution in [0.15, 0.2) is 29.5 Å². The summed E-state index contributed by atoms with van der Waals surface area (Å²) in [5, 5.41) is 4.15. The predicted molar refractivity (Wildman–Crippen MR) is 128 cm³/mol. The van der Waals surface area contributed by atoms with Gasteiger partial charge in [-0.15, -0.1) is 0 Å². The first-order chi connectivity index (χ1) is 15.4. The SMILES string of the molecule is CC1=Nc2c(F)cc(-c3c[nH]c4nc(NCC(C)C)ncc34)cc2C1C1CCN(C)CC1. The van der Waals surface area contributed by atoms with Gasteiger partial charge in [0.1, 0.15) is 17.2 Å². The molecule has 0 aliphatic carbocycles. The minimum atomic E-state index is -0.252. The van der Waals surface area contributed by atoms with E-state index in [1.165, 1.54) is 0 Å². The second-order valence-corrected chi connectivity index (χ2v) is 9.70. The number of hydrogen-bond acceptors (Lipinski definition) is 5. The van der Waals surface area contributed by atoms with E-state index in [9.17, 15) is 0 Å². The third kappa shape index (κ3) is 3.79.